The van der Waals surface area contributed by atoms with Gasteiger partial charge in [0.1, 0.15) is 5.75 Å². The maximum Gasteiger partial charge on any atom is 0.315 e. The van der Waals surface area contributed by atoms with Crippen molar-refractivity contribution in [3.8, 4) is 5.75 Å². The quantitative estimate of drug-likeness (QED) is 0.792. The van der Waals surface area contributed by atoms with E-state index < -0.39 is 23.7 Å². The molecule has 0 radical (unpaired) electrons. The van der Waals surface area contributed by atoms with Crippen molar-refractivity contribution in [1.29, 1.82) is 0 Å². The molecular formula is C17H18F2N2O2. The first-order chi connectivity index (χ1) is 11.0. The molecule has 3 N–H and O–H groups in total. The molecule has 0 bridgehead atoms. The number of phenols is 1. The smallest absolute Gasteiger partial charge is 0.315 e. The van der Waals surface area contributed by atoms with Gasteiger partial charge >= 0.3 is 6.03 Å². The monoisotopic (exact) mass is 320 g/mol. The van der Waals surface area contributed by atoms with Gasteiger partial charge in [-0.3, -0.25) is 0 Å². The number of phenolic OH excluding ortho intramolecular Hbond substituents is 1. The van der Waals surface area contributed by atoms with E-state index in [1.807, 2.05) is 6.07 Å². The van der Waals surface area contributed by atoms with Crippen molar-refractivity contribution in [1.82, 2.24) is 10.6 Å². The van der Waals surface area contributed by atoms with Gasteiger partial charge in [-0.1, -0.05) is 18.2 Å². The third-order valence-electron chi connectivity index (χ3n) is 3.40. The Balaban J connectivity index is 1.81. The molecule has 23 heavy (non-hydrogen) atoms. The van der Waals surface area contributed by atoms with Crippen LogP contribution in [0.4, 0.5) is 13.6 Å². The van der Waals surface area contributed by atoms with Crippen molar-refractivity contribution in [3.63, 3.8) is 0 Å². The van der Waals surface area contributed by atoms with Crippen LogP contribution in [0, 0.1) is 11.6 Å². The van der Waals surface area contributed by atoms with Gasteiger partial charge in [-0.2, -0.15) is 0 Å². The van der Waals surface area contributed by atoms with Gasteiger partial charge in [0.25, 0.3) is 0 Å². The van der Waals surface area contributed by atoms with E-state index in [1.54, 1.807) is 25.1 Å². The maximum atomic E-state index is 13.2. The number of hydrogen-bond donors (Lipinski definition) is 3. The fourth-order valence-electron chi connectivity index (χ4n) is 2.15. The first-order valence-electron chi connectivity index (χ1n) is 7.23. The largest absolute Gasteiger partial charge is 0.508 e. The van der Waals surface area contributed by atoms with Gasteiger partial charge < -0.3 is 15.7 Å². The molecule has 2 rings (SSSR count). The summed E-state index contributed by atoms with van der Waals surface area (Å²) in [5.74, 6) is -1.68. The van der Waals surface area contributed by atoms with Crippen LogP contribution in [-0.2, 0) is 6.42 Å². The van der Waals surface area contributed by atoms with Gasteiger partial charge in [-0.15, -0.1) is 0 Å². The summed E-state index contributed by atoms with van der Waals surface area (Å²) in [7, 11) is 0. The number of halogens is 2. The lowest BCUT2D eigenvalue weighted by Gasteiger charge is -2.15. The molecule has 0 heterocycles. The van der Waals surface area contributed by atoms with E-state index in [0.29, 0.717) is 18.5 Å². The Labute approximate surface area is 133 Å². The molecule has 6 heteroatoms. The van der Waals surface area contributed by atoms with Gasteiger partial charge in [0.15, 0.2) is 11.6 Å². The average molecular weight is 320 g/mol. The third-order valence-corrected chi connectivity index (χ3v) is 3.40. The first-order valence-corrected chi connectivity index (χ1v) is 7.23. The predicted octanol–water partition coefficient (Wildman–Crippen LogP) is 3.27. The molecule has 122 valence electrons. The van der Waals surface area contributed by atoms with Gasteiger partial charge in [0, 0.05) is 6.54 Å². The van der Waals surface area contributed by atoms with Gasteiger partial charge in [0.05, 0.1) is 6.04 Å². The Morgan fingerprint density at radius 2 is 1.96 bits per heavy atom. The minimum absolute atomic E-state index is 0.180. The molecule has 2 aromatic carbocycles. The molecular weight excluding hydrogens is 302 g/mol. The average Bonchev–Trinajstić information content (AvgIpc) is 2.50. The van der Waals surface area contributed by atoms with Crippen LogP contribution in [0.25, 0.3) is 0 Å². The molecule has 0 aromatic heterocycles. The van der Waals surface area contributed by atoms with Crippen LogP contribution in [0.2, 0.25) is 0 Å². The molecule has 0 aliphatic rings. The molecule has 2 amide bonds. The van der Waals surface area contributed by atoms with Crippen LogP contribution in [0.15, 0.2) is 42.5 Å². The number of aromatic hydroxyl groups is 1. The molecule has 1 unspecified atom stereocenters. The van der Waals surface area contributed by atoms with Crippen molar-refractivity contribution >= 4 is 6.03 Å². The zero-order valence-electron chi connectivity index (χ0n) is 12.6. The number of benzene rings is 2. The van der Waals surface area contributed by atoms with Gasteiger partial charge in [0.2, 0.25) is 0 Å². The van der Waals surface area contributed by atoms with Crippen LogP contribution in [0.1, 0.15) is 24.1 Å². The van der Waals surface area contributed by atoms with Crippen LogP contribution in [-0.4, -0.2) is 17.7 Å². The van der Waals surface area contributed by atoms with Crippen molar-refractivity contribution in [2.24, 2.45) is 0 Å². The highest BCUT2D eigenvalue weighted by Crippen LogP contribution is 2.15. The topological polar surface area (TPSA) is 61.4 Å². The molecule has 0 fully saturated rings. The number of urea groups is 1. The van der Waals surface area contributed by atoms with Crippen LogP contribution in [0.5, 0.6) is 5.75 Å². The number of rotatable bonds is 5. The van der Waals surface area contributed by atoms with Gasteiger partial charge in [-0.05, 0) is 48.7 Å². The summed E-state index contributed by atoms with van der Waals surface area (Å²) < 4.78 is 26.1. The van der Waals surface area contributed by atoms with E-state index in [0.717, 1.165) is 17.7 Å². The summed E-state index contributed by atoms with van der Waals surface area (Å²) in [5.41, 5.74) is 1.38. The lowest BCUT2D eigenvalue weighted by molar-refractivity contribution is 0.238. The molecule has 4 nitrogen and oxygen atoms in total. The standard InChI is InChI=1S/C17H18F2N2O2/c1-11(13-5-6-15(18)16(19)10-13)21-17(23)20-8-7-12-3-2-4-14(22)9-12/h2-6,9-11,22H,7-8H2,1H3,(H2,20,21,23). The molecule has 0 saturated carbocycles. The summed E-state index contributed by atoms with van der Waals surface area (Å²) in [4.78, 5) is 11.8. The summed E-state index contributed by atoms with van der Waals surface area (Å²) in [5, 5.41) is 14.7. The number of nitrogens with one attached hydrogen (secondary N) is 2. The SMILES string of the molecule is CC(NC(=O)NCCc1cccc(O)c1)c1ccc(F)c(F)c1. The lowest BCUT2D eigenvalue weighted by Crippen LogP contribution is -2.38. The maximum absolute atomic E-state index is 13.2. The Kier molecular flexibility index (Phi) is 5.51. The summed E-state index contributed by atoms with van der Waals surface area (Å²) in [6, 6.07) is 9.45. The molecule has 0 saturated heterocycles. The number of hydrogen-bond acceptors (Lipinski definition) is 2. The van der Waals surface area contributed by atoms with Crippen molar-refractivity contribution < 1.29 is 18.7 Å². The molecule has 0 aliphatic heterocycles. The van der Waals surface area contributed by atoms with E-state index >= 15 is 0 Å². The number of carbonyl (C=O) groups is 1. The van der Waals surface area contributed by atoms with Gasteiger partial charge in [-0.25, -0.2) is 13.6 Å². The Hall–Kier alpha value is -2.63. The summed E-state index contributed by atoms with van der Waals surface area (Å²) >= 11 is 0. The minimum atomic E-state index is -0.944. The summed E-state index contributed by atoms with van der Waals surface area (Å²) in [6.07, 6.45) is 0.571. The Bertz CT molecular complexity index is 692. The number of amides is 2. The van der Waals surface area contributed by atoms with E-state index in [9.17, 15) is 18.7 Å². The van der Waals surface area contributed by atoms with Crippen LogP contribution < -0.4 is 10.6 Å². The van der Waals surface area contributed by atoms with E-state index in [-0.39, 0.29) is 5.75 Å². The predicted molar refractivity (Wildman–Crippen MR) is 83.1 cm³/mol. The van der Waals surface area contributed by atoms with Crippen LogP contribution >= 0.6 is 0 Å². The highest BCUT2D eigenvalue weighted by atomic mass is 19.2. The van der Waals surface area contributed by atoms with Crippen molar-refractivity contribution in [2.45, 2.75) is 19.4 Å². The Morgan fingerprint density at radius 3 is 2.65 bits per heavy atom. The van der Waals surface area contributed by atoms with Crippen LogP contribution in [0.3, 0.4) is 0 Å². The molecule has 1 atom stereocenters. The fraction of sp³-hybridized carbons (Fsp3) is 0.235. The zero-order valence-corrected chi connectivity index (χ0v) is 12.6. The van der Waals surface area contributed by atoms with E-state index in [1.165, 1.54) is 6.07 Å². The second kappa shape index (κ2) is 7.58. The Morgan fingerprint density at radius 1 is 1.17 bits per heavy atom. The second-order valence-electron chi connectivity index (χ2n) is 5.22. The zero-order chi connectivity index (χ0) is 16.8. The first kappa shape index (κ1) is 16.7. The molecule has 0 aliphatic carbocycles. The number of carbonyl (C=O) groups excluding carboxylic acids is 1. The molecule has 2 aromatic rings. The fourth-order valence-corrected chi connectivity index (χ4v) is 2.15. The molecule has 0 spiro atoms. The summed E-state index contributed by atoms with van der Waals surface area (Å²) in [6.45, 7) is 2.07. The second-order valence-corrected chi connectivity index (χ2v) is 5.22. The van der Waals surface area contributed by atoms with Crippen molar-refractivity contribution in [2.75, 3.05) is 6.54 Å². The van der Waals surface area contributed by atoms with E-state index in [2.05, 4.69) is 10.6 Å². The minimum Gasteiger partial charge on any atom is -0.508 e. The van der Waals surface area contributed by atoms with Crippen molar-refractivity contribution in [3.05, 3.63) is 65.2 Å². The normalized spacial score (nSPS) is 11.8. The van der Waals surface area contributed by atoms with E-state index in [4.69, 9.17) is 0 Å². The lowest BCUT2D eigenvalue weighted by atomic mass is 10.1. The highest BCUT2D eigenvalue weighted by molar-refractivity contribution is 5.74. The third kappa shape index (κ3) is 4.95. The highest BCUT2D eigenvalue weighted by Gasteiger charge is 2.11.